The van der Waals surface area contributed by atoms with Gasteiger partial charge < -0.3 is 15.4 Å². The van der Waals surface area contributed by atoms with Crippen LogP contribution in [0.5, 0.6) is 5.75 Å². The number of primary amides is 1. The molecule has 2 N–H and O–H groups in total. The first-order valence-corrected chi connectivity index (χ1v) is 7.98. The molecule has 0 bridgehead atoms. The number of carbonyl (C=O) groups excluding carboxylic acids is 1. The number of nitrogens with zero attached hydrogens (tertiary/aromatic N) is 1. The van der Waals surface area contributed by atoms with Crippen molar-refractivity contribution in [2.45, 2.75) is 50.7 Å². The van der Waals surface area contributed by atoms with E-state index in [0.29, 0.717) is 12.5 Å². The molecular formula is C17H24N2O2. The van der Waals surface area contributed by atoms with Crippen molar-refractivity contribution in [3.63, 3.8) is 0 Å². The summed E-state index contributed by atoms with van der Waals surface area (Å²) in [5, 5.41) is 0. The lowest BCUT2D eigenvalue weighted by Crippen LogP contribution is -2.50. The standard InChI is InChI=1S/C17H24N2O2/c18-17(20)10-13-4-6-15(7-5-13)21-16-11-14(12-16)19-8-2-1-3-9-19/h4-7,14,16H,1-3,8-12H2,(H2,18,20). The largest absolute Gasteiger partial charge is 0.490 e. The second-order valence-corrected chi connectivity index (χ2v) is 6.25. The number of rotatable bonds is 5. The zero-order valence-electron chi connectivity index (χ0n) is 12.5. The first kappa shape index (κ1) is 14.4. The molecule has 1 aromatic carbocycles. The second-order valence-electron chi connectivity index (χ2n) is 6.25. The molecule has 0 aromatic heterocycles. The molecule has 114 valence electrons. The summed E-state index contributed by atoms with van der Waals surface area (Å²) in [4.78, 5) is 13.5. The number of hydrogen-bond acceptors (Lipinski definition) is 3. The number of ether oxygens (including phenoxy) is 1. The van der Waals surface area contributed by atoms with Crippen molar-refractivity contribution in [1.82, 2.24) is 4.90 Å². The Kier molecular flexibility index (Phi) is 4.44. The minimum Gasteiger partial charge on any atom is -0.490 e. The second kappa shape index (κ2) is 6.48. The van der Waals surface area contributed by atoms with Gasteiger partial charge in [0.1, 0.15) is 11.9 Å². The van der Waals surface area contributed by atoms with Gasteiger partial charge in [-0.05, 0) is 43.6 Å². The molecule has 1 saturated heterocycles. The minimum atomic E-state index is -0.299. The van der Waals surface area contributed by atoms with E-state index >= 15 is 0 Å². The number of nitrogens with two attached hydrogens (primary N) is 1. The molecule has 0 spiro atoms. The van der Waals surface area contributed by atoms with E-state index in [9.17, 15) is 4.79 Å². The van der Waals surface area contributed by atoms with Crippen molar-refractivity contribution < 1.29 is 9.53 Å². The van der Waals surface area contributed by atoms with E-state index in [1.165, 1.54) is 32.4 Å². The Bertz CT molecular complexity index is 474. The molecule has 0 radical (unpaired) electrons. The topological polar surface area (TPSA) is 55.6 Å². The molecule has 1 aromatic rings. The molecule has 2 fully saturated rings. The highest BCUT2D eigenvalue weighted by Crippen LogP contribution is 2.31. The van der Waals surface area contributed by atoms with Crippen molar-refractivity contribution in [3.8, 4) is 5.75 Å². The SMILES string of the molecule is NC(=O)Cc1ccc(OC2CC(N3CCCCC3)C2)cc1. The van der Waals surface area contributed by atoms with Crippen LogP contribution < -0.4 is 10.5 Å². The Hall–Kier alpha value is -1.55. The highest BCUT2D eigenvalue weighted by Gasteiger charge is 2.35. The molecule has 0 unspecified atom stereocenters. The van der Waals surface area contributed by atoms with Gasteiger partial charge in [-0.1, -0.05) is 18.6 Å². The first-order chi connectivity index (χ1) is 10.2. The number of benzene rings is 1. The highest BCUT2D eigenvalue weighted by molar-refractivity contribution is 5.76. The Morgan fingerprint density at radius 2 is 1.81 bits per heavy atom. The third-order valence-electron chi connectivity index (χ3n) is 4.58. The predicted octanol–water partition coefficient (Wildman–Crippen LogP) is 2.11. The van der Waals surface area contributed by atoms with Crippen LogP contribution in [0.4, 0.5) is 0 Å². The lowest BCUT2D eigenvalue weighted by atomic mass is 9.86. The maximum Gasteiger partial charge on any atom is 0.221 e. The molecule has 1 heterocycles. The normalized spacial score (nSPS) is 26.1. The lowest BCUT2D eigenvalue weighted by Gasteiger charge is -2.44. The van der Waals surface area contributed by atoms with Gasteiger partial charge in [0.25, 0.3) is 0 Å². The molecule has 1 amide bonds. The van der Waals surface area contributed by atoms with Gasteiger partial charge in [0.05, 0.1) is 6.42 Å². The minimum absolute atomic E-state index is 0.292. The lowest BCUT2D eigenvalue weighted by molar-refractivity contribution is -0.117. The first-order valence-electron chi connectivity index (χ1n) is 7.98. The van der Waals surface area contributed by atoms with Crippen LogP contribution in [0.1, 0.15) is 37.7 Å². The predicted molar refractivity (Wildman–Crippen MR) is 82.2 cm³/mol. The van der Waals surface area contributed by atoms with Gasteiger partial charge in [0.2, 0.25) is 5.91 Å². The molecule has 3 rings (SSSR count). The van der Waals surface area contributed by atoms with E-state index in [2.05, 4.69) is 4.90 Å². The van der Waals surface area contributed by atoms with Crippen LogP contribution in [0.25, 0.3) is 0 Å². The van der Waals surface area contributed by atoms with E-state index in [1.54, 1.807) is 0 Å². The van der Waals surface area contributed by atoms with E-state index in [-0.39, 0.29) is 5.91 Å². The quantitative estimate of drug-likeness (QED) is 0.903. The fourth-order valence-electron chi connectivity index (χ4n) is 3.30. The van der Waals surface area contributed by atoms with Crippen LogP contribution in [-0.4, -0.2) is 36.0 Å². The van der Waals surface area contributed by atoms with Gasteiger partial charge in [0.15, 0.2) is 0 Å². The summed E-state index contributed by atoms with van der Waals surface area (Å²) in [7, 11) is 0. The summed E-state index contributed by atoms with van der Waals surface area (Å²) in [6, 6.07) is 8.44. The van der Waals surface area contributed by atoms with Gasteiger partial charge >= 0.3 is 0 Å². The molecule has 4 heteroatoms. The maximum atomic E-state index is 10.9. The average molecular weight is 288 g/mol. The number of amides is 1. The van der Waals surface area contributed by atoms with Crippen LogP contribution in [0.3, 0.4) is 0 Å². The fourth-order valence-corrected chi connectivity index (χ4v) is 3.30. The van der Waals surface area contributed by atoms with Gasteiger partial charge in [0, 0.05) is 18.9 Å². The van der Waals surface area contributed by atoms with Gasteiger partial charge in [-0.2, -0.15) is 0 Å². The van der Waals surface area contributed by atoms with Crippen molar-refractivity contribution in [1.29, 1.82) is 0 Å². The van der Waals surface area contributed by atoms with Crippen LogP contribution in [-0.2, 0) is 11.2 Å². The Balaban J connectivity index is 1.44. The van der Waals surface area contributed by atoms with E-state index in [1.807, 2.05) is 24.3 Å². The summed E-state index contributed by atoms with van der Waals surface area (Å²) >= 11 is 0. The number of piperidine rings is 1. The zero-order valence-corrected chi connectivity index (χ0v) is 12.5. The summed E-state index contributed by atoms with van der Waals surface area (Å²) in [6.45, 7) is 2.53. The van der Waals surface area contributed by atoms with Gasteiger partial charge in [-0.25, -0.2) is 0 Å². The van der Waals surface area contributed by atoms with Crippen molar-refractivity contribution in [2.75, 3.05) is 13.1 Å². The summed E-state index contributed by atoms with van der Waals surface area (Å²) in [6.07, 6.45) is 7.01. The monoisotopic (exact) mass is 288 g/mol. The van der Waals surface area contributed by atoms with Crippen LogP contribution in [0.15, 0.2) is 24.3 Å². The number of likely N-dealkylation sites (tertiary alicyclic amines) is 1. The third kappa shape index (κ3) is 3.76. The van der Waals surface area contributed by atoms with Crippen molar-refractivity contribution >= 4 is 5.91 Å². The molecule has 1 aliphatic heterocycles. The fraction of sp³-hybridized carbons (Fsp3) is 0.588. The van der Waals surface area contributed by atoms with Crippen LogP contribution in [0.2, 0.25) is 0 Å². The molecule has 1 saturated carbocycles. The highest BCUT2D eigenvalue weighted by atomic mass is 16.5. The number of hydrogen-bond donors (Lipinski definition) is 1. The molecule has 1 aliphatic carbocycles. The van der Waals surface area contributed by atoms with E-state index < -0.39 is 0 Å². The summed E-state index contributed by atoms with van der Waals surface area (Å²) in [5.41, 5.74) is 6.12. The van der Waals surface area contributed by atoms with Crippen LogP contribution in [0, 0.1) is 0 Å². The summed E-state index contributed by atoms with van der Waals surface area (Å²) in [5.74, 6) is 0.595. The molecular weight excluding hydrogens is 264 g/mol. The molecule has 21 heavy (non-hydrogen) atoms. The Labute approximate surface area is 126 Å². The smallest absolute Gasteiger partial charge is 0.221 e. The van der Waals surface area contributed by atoms with Crippen molar-refractivity contribution in [3.05, 3.63) is 29.8 Å². The average Bonchev–Trinajstić information content (AvgIpc) is 2.44. The van der Waals surface area contributed by atoms with Gasteiger partial charge in [-0.15, -0.1) is 0 Å². The van der Waals surface area contributed by atoms with Crippen molar-refractivity contribution in [2.24, 2.45) is 5.73 Å². The Morgan fingerprint density at radius 1 is 1.14 bits per heavy atom. The Morgan fingerprint density at radius 3 is 2.43 bits per heavy atom. The maximum absolute atomic E-state index is 10.9. The van der Waals surface area contributed by atoms with Crippen LogP contribution >= 0.6 is 0 Å². The van der Waals surface area contributed by atoms with Gasteiger partial charge in [-0.3, -0.25) is 4.79 Å². The van der Waals surface area contributed by atoms with E-state index in [4.69, 9.17) is 10.5 Å². The molecule has 2 aliphatic rings. The van der Waals surface area contributed by atoms with E-state index in [0.717, 1.165) is 30.2 Å². The summed E-state index contributed by atoms with van der Waals surface area (Å²) < 4.78 is 5.99. The third-order valence-corrected chi connectivity index (χ3v) is 4.58. The molecule has 0 atom stereocenters. The zero-order chi connectivity index (χ0) is 14.7. The number of carbonyl (C=O) groups is 1. The molecule has 4 nitrogen and oxygen atoms in total.